The first-order valence-corrected chi connectivity index (χ1v) is 11.8. The fourth-order valence-electron chi connectivity index (χ4n) is 4.56. The summed E-state index contributed by atoms with van der Waals surface area (Å²) >= 11 is 12.3. The SMILES string of the molecule is Clc1ccc(N(c2ccc(Cl)cc2)c2ccc(-c3cccc4[nH]c5ccccc5c34)cc2)cc1. The van der Waals surface area contributed by atoms with Crippen molar-refractivity contribution < 1.29 is 0 Å². The highest BCUT2D eigenvalue weighted by Crippen LogP contribution is 2.38. The summed E-state index contributed by atoms with van der Waals surface area (Å²) in [6.45, 7) is 0. The van der Waals surface area contributed by atoms with Gasteiger partial charge in [0.2, 0.25) is 0 Å². The lowest BCUT2D eigenvalue weighted by Gasteiger charge is -2.25. The van der Waals surface area contributed by atoms with Crippen LogP contribution in [-0.2, 0) is 0 Å². The van der Waals surface area contributed by atoms with Crippen LogP contribution in [0.2, 0.25) is 10.0 Å². The predicted molar refractivity (Wildman–Crippen MR) is 146 cm³/mol. The smallest absolute Gasteiger partial charge is 0.0471 e. The molecule has 6 rings (SSSR count). The van der Waals surface area contributed by atoms with Crippen molar-refractivity contribution in [1.29, 1.82) is 0 Å². The minimum absolute atomic E-state index is 0.710. The molecule has 34 heavy (non-hydrogen) atoms. The Hall–Kier alpha value is -3.72. The first-order valence-electron chi connectivity index (χ1n) is 11.1. The molecule has 0 aliphatic rings. The van der Waals surface area contributed by atoms with E-state index in [1.165, 1.54) is 21.9 Å². The van der Waals surface area contributed by atoms with Crippen LogP contribution in [0.1, 0.15) is 0 Å². The molecule has 1 aromatic heterocycles. The summed E-state index contributed by atoms with van der Waals surface area (Å²) in [5.41, 5.74) is 7.79. The van der Waals surface area contributed by atoms with E-state index in [2.05, 4.69) is 76.6 Å². The first-order chi connectivity index (χ1) is 16.7. The van der Waals surface area contributed by atoms with Crippen molar-refractivity contribution in [3.63, 3.8) is 0 Å². The highest BCUT2D eigenvalue weighted by Gasteiger charge is 2.14. The fraction of sp³-hybridized carbons (Fsp3) is 0. The molecule has 0 spiro atoms. The Labute approximate surface area is 208 Å². The number of nitrogens with zero attached hydrogens (tertiary/aromatic N) is 1. The van der Waals surface area contributed by atoms with Crippen molar-refractivity contribution >= 4 is 62.1 Å². The molecule has 0 aliphatic heterocycles. The first kappa shape index (κ1) is 20.9. The predicted octanol–water partition coefficient (Wildman–Crippen LogP) is 9.76. The van der Waals surface area contributed by atoms with Gasteiger partial charge in [-0.05, 0) is 83.9 Å². The number of anilines is 3. The minimum atomic E-state index is 0.710. The average molecular weight is 479 g/mol. The van der Waals surface area contributed by atoms with Crippen LogP contribution >= 0.6 is 23.2 Å². The number of aromatic amines is 1. The molecule has 0 aliphatic carbocycles. The molecule has 0 saturated carbocycles. The van der Waals surface area contributed by atoms with E-state index in [0.717, 1.165) is 28.1 Å². The third-order valence-electron chi connectivity index (χ3n) is 6.14. The monoisotopic (exact) mass is 478 g/mol. The second kappa shape index (κ2) is 8.57. The van der Waals surface area contributed by atoms with Crippen LogP contribution in [0.25, 0.3) is 32.9 Å². The van der Waals surface area contributed by atoms with E-state index >= 15 is 0 Å². The van der Waals surface area contributed by atoms with Gasteiger partial charge >= 0.3 is 0 Å². The van der Waals surface area contributed by atoms with Crippen LogP contribution in [0.4, 0.5) is 17.1 Å². The molecule has 0 saturated heterocycles. The van der Waals surface area contributed by atoms with E-state index in [1.807, 2.05) is 48.5 Å². The molecule has 5 aromatic carbocycles. The molecule has 2 nitrogen and oxygen atoms in total. The van der Waals surface area contributed by atoms with Crippen molar-refractivity contribution in [1.82, 2.24) is 4.98 Å². The van der Waals surface area contributed by atoms with Crippen LogP contribution in [0.3, 0.4) is 0 Å². The molecule has 1 N–H and O–H groups in total. The number of hydrogen-bond acceptors (Lipinski definition) is 1. The normalized spacial score (nSPS) is 11.2. The highest BCUT2D eigenvalue weighted by atomic mass is 35.5. The second-order valence-corrected chi connectivity index (χ2v) is 9.11. The molecule has 0 amide bonds. The summed E-state index contributed by atoms with van der Waals surface area (Å²) in [5, 5.41) is 3.91. The average Bonchev–Trinajstić information content (AvgIpc) is 3.26. The Kier molecular flexibility index (Phi) is 5.26. The maximum absolute atomic E-state index is 6.16. The topological polar surface area (TPSA) is 19.0 Å². The maximum atomic E-state index is 6.16. The minimum Gasteiger partial charge on any atom is -0.354 e. The van der Waals surface area contributed by atoms with E-state index in [9.17, 15) is 0 Å². The fourth-order valence-corrected chi connectivity index (χ4v) is 4.81. The molecule has 164 valence electrons. The molecule has 0 atom stereocenters. The Morgan fingerprint density at radius 3 is 1.65 bits per heavy atom. The maximum Gasteiger partial charge on any atom is 0.0471 e. The zero-order valence-electron chi connectivity index (χ0n) is 18.2. The number of nitrogens with one attached hydrogen (secondary N) is 1. The van der Waals surface area contributed by atoms with E-state index in [0.29, 0.717) is 10.0 Å². The molecule has 0 bridgehead atoms. The van der Waals surface area contributed by atoms with Crippen LogP contribution in [0.5, 0.6) is 0 Å². The molecule has 0 fully saturated rings. The van der Waals surface area contributed by atoms with Crippen LogP contribution in [0, 0.1) is 0 Å². The largest absolute Gasteiger partial charge is 0.354 e. The highest BCUT2D eigenvalue weighted by molar-refractivity contribution is 6.31. The number of halogens is 2. The van der Waals surface area contributed by atoms with Gasteiger partial charge in [-0.1, -0.05) is 65.7 Å². The summed E-state index contributed by atoms with van der Waals surface area (Å²) in [4.78, 5) is 5.74. The van der Waals surface area contributed by atoms with Crippen molar-refractivity contribution in [2.24, 2.45) is 0 Å². The van der Waals surface area contributed by atoms with Gasteiger partial charge in [0, 0.05) is 48.9 Å². The third kappa shape index (κ3) is 3.71. The Balaban J connectivity index is 1.46. The molecule has 0 radical (unpaired) electrons. The van der Waals surface area contributed by atoms with E-state index in [1.54, 1.807) is 0 Å². The number of aromatic nitrogens is 1. The summed E-state index contributed by atoms with van der Waals surface area (Å²) in [7, 11) is 0. The lowest BCUT2D eigenvalue weighted by Crippen LogP contribution is -2.09. The summed E-state index contributed by atoms with van der Waals surface area (Å²) in [6.07, 6.45) is 0. The van der Waals surface area contributed by atoms with Gasteiger partial charge in [-0.15, -0.1) is 0 Å². The van der Waals surface area contributed by atoms with Crippen molar-refractivity contribution in [3.8, 4) is 11.1 Å². The lowest BCUT2D eigenvalue weighted by atomic mass is 9.99. The van der Waals surface area contributed by atoms with Gasteiger partial charge in [0.1, 0.15) is 0 Å². The number of hydrogen-bond donors (Lipinski definition) is 1. The molecule has 1 heterocycles. The van der Waals surface area contributed by atoms with E-state index in [-0.39, 0.29) is 0 Å². The second-order valence-electron chi connectivity index (χ2n) is 8.23. The van der Waals surface area contributed by atoms with Crippen LogP contribution in [-0.4, -0.2) is 4.98 Å². The van der Waals surface area contributed by atoms with E-state index in [4.69, 9.17) is 23.2 Å². The van der Waals surface area contributed by atoms with Gasteiger partial charge in [-0.25, -0.2) is 0 Å². The summed E-state index contributed by atoms with van der Waals surface area (Å²) in [5.74, 6) is 0. The van der Waals surface area contributed by atoms with Crippen LogP contribution in [0.15, 0.2) is 115 Å². The molecule has 6 aromatic rings. The number of rotatable bonds is 4. The zero-order chi connectivity index (χ0) is 23.1. The van der Waals surface area contributed by atoms with Gasteiger partial charge in [-0.2, -0.15) is 0 Å². The number of benzene rings is 5. The zero-order valence-corrected chi connectivity index (χ0v) is 19.7. The van der Waals surface area contributed by atoms with Crippen molar-refractivity contribution in [3.05, 3.63) is 125 Å². The quantitative estimate of drug-likeness (QED) is 0.267. The summed E-state index contributed by atoms with van der Waals surface area (Å²) in [6, 6.07) is 39.3. The molecule has 4 heteroatoms. The molecular weight excluding hydrogens is 459 g/mol. The Bertz CT molecular complexity index is 1550. The van der Waals surface area contributed by atoms with Crippen molar-refractivity contribution in [2.75, 3.05) is 4.90 Å². The van der Waals surface area contributed by atoms with Gasteiger partial charge in [0.15, 0.2) is 0 Å². The number of fused-ring (bicyclic) bond motifs is 3. The van der Waals surface area contributed by atoms with Gasteiger partial charge in [0.05, 0.1) is 0 Å². The number of para-hydroxylation sites is 1. The third-order valence-corrected chi connectivity index (χ3v) is 6.64. The van der Waals surface area contributed by atoms with Crippen molar-refractivity contribution in [2.45, 2.75) is 0 Å². The van der Waals surface area contributed by atoms with Gasteiger partial charge in [0.25, 0.3) is 0 Å². The summed E-state index contributed by atoms with van der Waals surface area (Å²) < 4.78 is 0. The lowest BCUT2D eigenvalue weighted by molar-refractivity contribution is 1.28. The van der Waals surface area contributed by atoms with Crippen LogP contribution < -0.4 is 4.90 Å². The van der Waals surface area contributed by atoms with Gasteiger partial charge in [-0.3, -0.25) is 0 Å². The standard InChI is InChI=1S/C30H20Cl2N2/c31-21-10-16-24(17-11-21)34(25-18-12-22(32)13-19-25)23-14-8-20(9-15-23)26-5-3-7-29-30(26)27-4-1-2-6-28(27)33-29/h1-19,33H. The molecular formula is C30H20Cl2N2. The number of H-pyrrole nitrogens is 1. The Morgan fingerprint density at radius 2 is 1.03 bits per heavy atom. The Morgan fingerprint density at radius 1 is 0.500 bits per heavy atom. The van der Waals surface area contributed by atoms with E-state index < -0.39 is 0 Å². The van der Waals surface area contributed by atoms with Gasteiger partial charge < -0.3 is 9.88 Å². The molecule has 0 unspecified atom stereocenters.